The maximum Gasteiger partial charge on any atom is 0.343 e. The van der Waals surface area contributed by atoms with Crippen molar-refractivity contribution < 1.29 is 28.5 Å². The van der Waals surface area contributed by atoms with Gasteiger partial charge in [-0.2, -0.15) is 0 Å². The fourth-order valence-electron chi connectivity index (χ4n) is 5.10. The first-order chi connectivity index (χ1) is 20.4. The van der Waals surface area contributed by atoms with Crippen LogP contribution in [-0.4, -0.2) is 57.4 Å². The van der Waals surface area contributed by atoms with E-state index in [9.17, 15) is 4.79 Å². The summed E-state index contributed by atoms with van der Waals surface area (Å²) in [4.78, 5) is 20.4. The maximum atomic E-state index is 13.0. The van der Waals surface area contributed by atoms with Crippen molar-refractivity contribution in [2.45, 2.75) is 25.3 Å². The molecular weight excluding hydrogens is 620 g/mol. The van der Waals surface area contributed by atoms with E-state index in [2.05, 4.69) is 38.3 Å². The standard InChI is InChI=1S/C32H33BrN2O6S/c1-37-27-14-20(8-9-26(27)41-32(36)23-16-28(38-2)30(40-4)29(17-23)39-3)18-35-12-10-21(11-13-35)31-34-25(19-42-31)22-6-5-7-24(33)15-22/h5-9,14-17,19,21H,10-13,18H2,1-4H3. The quantitative estimate of drug-likeness (QED) is 0.131. The van der Waals surface area contributed by atoms with Crippen molar-refractivity contribution in [3.63, 3.8) is 0 Å². The number of esters is 1. The van der Waals surface area contributed by atoms with E-state index >= 15 is 0 Å². The van der Waals surface area contributed by atoms with Crippen LogP contribution in [0.15, 0.2) is 64.5 Å². The lowest BCUT2D eigenvalue weighted by Crippen LogP contribution is -2.32. The zero-order chi connectivity index (χ0) is 29.6. The van der Waals surface area contributed by atoms with Crippen LogP contribution in [0.25, 0.3) is 11.3 Å². The molecule has 10 heteroatoms. The average molecular weight is 654 g/mol. The number of methoxy groups -OCH3 is 4. The van der Waals surface area contributed by atoms with E-state index < -0.39 is 5.97 Å². The third-order valence-electron chi connectivity index (χ3n) is 7.32. The molecule has 1 aliphatic rings. The van der Waals surface area contributed by atoms with Crippen LogP contribution in [0.4, 0.5) is 0 Å². The Morgan fingerprint density at radius 1 is 0.905 bits per heavy atom. The molecule has 2 heterocycles. The Balaban J connectivity index is 1.20. The summed E-state index contributed by atoms with van der Waals surface area (Å²) < 4.78 is 28.4. The Labute approximate surface area is 258 Å². The van der Waals surface area contributed by atoms with Crippen molar-refractivity contribution in [3.8, 4) is 40.0 Å². The average Bonchev–Trinajstić information content (AvgIpc) is 3.52. The predicted molar refractivity (Wildman–Crippen MR) is 167 cm³/mol. The van der Waals surface area contributed by atoms with Crippen LogP contribution < -0.4 is 23.7 Å². The van der Waals surface area contributed by atoms with Gasteiger partial charge in [0, 0.05) is 27.9 Å². The lowest BCUT2D eigenvalue weighted by atomic mass is 9.97. The largest absolute Gasteiger partial charge is 0.493 e. The minimum absolute atomic E-state index is 0.266. The van der Waals surface area contributed by atoms with E-state index in [1.54, 1.807) is 36.6 Å². The summed E-state index contributed by atoms with van der Waals surface area (Å²) >= 11 is 5.31. The molecular formula is C32H33BrN2O6S. The Morgan fingerprint density at radius 2 is 1.62 bits per heavy atom. The van der Waals surface area contributed by atoms with Crippen LogP contribution in [-0.2, 0) is 6.54 Å². The SMILES string of the molecule is COc1cc(CN2CCC(c3nc(-c4cccc(Br)c4)cs3)CC2)ccc1OC(=O)c1cc(OC)c(OC)c(OC)c1. The second-order valence-electron chi connectivity index (χ2n) is 9.92. The molecule has 0 spiro atoms. The smallest absolute Gasteiger partial charge is 0.343 e. The Bertz CT molecular complexity index is 1520. The fraction of sp³-hybridized carbons (Fsp3) is 0.312. The van der Waals surface area contributed by atoms with Gasteiger partial charge in [-0.25, -0.2) is 9.78 Å². The van der Waals surface area contributed by atoms with Gasteiger partial charge in [-0.3, -0.25) is 4.90 Å². The van der Waals surface area contributed by atoms with Gasteiger partial charge in [-0.15, -0.1) is 11.3 Å². The number of aromatic nitrogens is 1. The summed E-state index contributed by atoms with van der Waals surface area (Å²) in [5, 5.41) is 3.37. The van der Waals surface area contributed by atoms with Crippen molar-refractivity contribution >= 4 is 33.2 Å². The van der Waals surface area contributed by atoms with Gasteiger partial charge in [-0.05, 0) is 67.9 Å². The Hall–Kier alpha value is -3.60. The molecule has 0 aliphatic carbocycles. The number of thiazole rings is 1. The predicted octanol–water partition coefficient (Wildman–Crippen LogP) is 7.21. The van der Waals surface area contributed by atoms with Crippen LogP contribution >= 0.6 is 27.3 Å². The highest BCUT2D eigenvalue weighted by Gasteiger charge is 2.24. The van der Waals surface area contributed by atoms with Crippen LogP contribution in [0.3, 0.4) is 0 Å². The number of piperidine rings is 1. The fourth-order valence-corrected chi connectivity index (χ4v) is 6.50. The third kappa shape index (κ3) is 6.72. The number of hydrogen-bond acceptors (Lipinski definition) is 9. The highest BCUT2D eigenvalue weighted by atomic mass is 79.9. The molecule has 1 fully saturated rings. The summed E-state index contributed by atoms with van der Waals surface area (Å²) in [5.41, 5.74) is 3.53. The number of carbonyl (C=O) groups is 1. The van der Waals surface area contributed by atoms with Crippen molar-refractivity contribution in [3.05, 3.63) is 80.6 Å². The molecule has 220 valence electrons. The molecule has 5 rings (SSSR count). The molecule has 0 N–H and O–H groups in total. The van der Waals surface area contributed by atoms with Gasteiger partial charge >= 0.3 is 5.97 Å². The number of halogens is 1. The van der Waals surface area contributed by atoms with Gasteiger partial charge < -0.3 is 23.7 Å². The van der Waals surface area contributed by atoms with E-state index in [0.717, 1.165) is 53.8 Å². The summed E-state index contributed by atoms with van der Waals surface area (Å²) in [6.07, 6.45) is 2.13. The number of benzene rings is 3. The van der Waals surface area contributed by atoms with Crippen molar-refractivity contribution in [1.82, 2.24) is 9.88 Å². The molecule has 1 saturated heterocycles. The zero-order valence-corrected chi connectivity index (χ0v) is 26.4. The first kappa shape index (κ1) is 29.9. The lowest BCUT2D eigenvalue weighted by Gasteiger charge is -2.31. The highest BCUT2D eigenvalue weighted by molar-refractivity contribution is 9.10. The van der Waals surface area contributed by atoms with Gasteiger partial charge in [0.25, 0.3) is 0 Å². The van der Waals surface area contributed by atoms with E-state index in [0.29, 0.717) is 34.7 Å². The van der Waals surface area contributed by atoms with E-state index in [1.807, 2.05) is 24.3 Å². The Kier molecular flexibility index (Phi) is 9.66. The van der Waals surface area contributed by atoms with Crippen molar-refractivity contribution in [1.29, 1.82) is 0 Å². The molecule has 0 atom stereocenters. The number of hydrogen-bond donors (Lipinski definition) is 0. The number of rotatable bonds is 10. The topological polar surface area (TPSA) is 79.4 Å². The van der Waals surface area contributed by atoms with E-state index in [1.165, 1.54) is 26.3 Å². The van der Waals surface area contributed by atoms with Crippen molar-refractivity contribution in [2.24, 2.45) is 0 Å². The zero-order valence-electron chi connectivity index (χ0n) is 24.0. The molecule has 0 bridgehead atoms. The lowest BCUT2D eigenvalue weighted by molar-refractivity contribution is 0.0728. The van der Waals surface area contributed by atoms with Gasteiger partial charge in [0.2, 0.25) is 5.75 Å². The maximum absolute atomic E-state index is 13.0. The summed E-state index contributed by atoms with van der Waals surface area (Å²) in [5.74, 6) is 1.88. The first-order valence-corrected chi connectivity index (χ1v) is 15.2. The molecule has 42 heavy (non-hydrogen) atoms. The monoisotopic (exact) mass is 652 g/mol. The molecule has 4 aromatic rings. The van der Waals surface area contributed by atoms with Crippen LogP contribution in [0.1, 0.15) is 39.7 Å². The molecule has 1 aliphatic heterocycles. The minimum Gasteiger partial charge on any atom is -0.493 e. The first-order valence-electron chi connectivity index (χ1n) is 13.5. The second kappa shape index (κ2) is 13.6. The Morgan fingerprint density at radius 3 is 2.26 bits per heavy atom. The van der Waals surface area contributed by atoms with Crippen LogP contribution in [0.5, 0.6) is 28.7 Å². The summed E-state index contributed by atoms with van der Waals surface area (Å²) in [6, 6.07) is 17.1. The molecule has 0 saturated carbocycles. The number of likely N-dealkylation sites (tertiary alicyclic amines) is 1. The number of ether oxygens (including phenoxy) is 5. The number of carbonyl (C=O) groups excluding carboxylic acids is 1. The number of nitrogens with zero attached hydrogens (tertiary/aromatic N) is 2. The highest BCUT2D eigenvalue weighted by Crippen LogP contribution is 2.39. The van der Waals surface area contributed by atoms with Gasteiger partial charge in [-0.1, -0.05) is 34.1 Å². The minimum atomic E-state index is -0.562. The van der Waals surface area contributed by atoms with E-state index in [4.69, 9.17) is 28.7 Å². The molecule has 0 amide bonds. The van der Waals surface area contributed by atoms with E-state index in [-0.39, 0.29) is 5.56 Å². The molecule has 0 unspecified atom stereocenters. The summed E-state index contributed by atoms with van der Waals surface area (Å²) in [6.45, 7) is 2.75. The van der Waals surface area contributed by atoms with Gasteiger partial charge in [0.15, 0.2) is 23.0 Å². The normalized spacial score (nSPS) is 13.9. The second-order valence-corrected chi connectivity index (χ2v) is 11.7. The molecule has 0 radical (unpaired) electrons. The van der Waals surface area contributed by atoms with Crippen molar-refractivity contribution in [2.75, 3.05) is 41.5 Å². The van der Waals surface area contributed by atoms with Gasteiger partial charge in [0.1, 0.15) is 0 Å². The molecule has 8 nitrogen and oxygen atoms in total. The van der Waals surface area contributed by atoms with Crippen LogP contribution in [0.2, 0.25) is 0 Å². The summed E-state index contributed by atoms with van der Waals surface area (Å²) in [7, 11) is 6.07. The van der Waals surface area contributed by atoms with Crippen LogP contribution in [0, 0.1) is 0 Å². The molecule has 3 aromatic carbocycles. The third-order valence-corrected chi connectivity index (χ3v) is 8.82. The molecule has 1 aromatic heterocycles. The van der Waals surface area contributed by atoms with Gasteiger partial charge in [0.05, 0.1) is 44.7 Å².